The number of fused-ring (bicyclic) bond motifs is 6. The van der Waals surface area contributed by atoms with Gasteiger partial charge in [-0.3, -0.25) is 28.6 Å². The van der Waals surface area contributed by atoms with E-state index in [0.717, 1.165) is 10.1 Å². The van der Waals surface area contributed by atoms with Crippen molar-refractivity contribution in [3.63, 3.8) is 0 Å². The largest absolute Gasteiger partial charge is 0.322 e. The highest BCUT2D eigenvalue weighted by molar-refractivity contribution is 9.10. The number of anilines is 2. The Balaban J connectivity index is 0.000000201. The normalized spacial score (nSPS) is 20.3. The van der Waals surface area contributed by atoms with Crippen molar-refractivity contribution in [3.05, 3.63) is 90.9 Å². The van der Waals surface area contributed by atoms with Crippen LogP contribution in [0, 0.1) is 11.6 Å². The molecule has 368 valence electrons. The Labute approximate surface area is 402 Å². The Morgan fingerprint density at radius 1 is 0.691 bits per heavy atom. The van der Waals surface area contributed by atoms with Gasteiger partial charge in [0.25, 0.3) is 24.7 Å². The zero-order valence-corrected chi connectivity index (χ0v) is 40.2. The third kappa shape index (κ3) is 11.6. The van der Waals surface area contributed by atoms with Crippen LogP contribution in [0.4, 0.5) is 47.3 Å². The summed E-state index contributed by atoms with van der Waals surface area (Å²) in [6, 6.07) is 7.16. The van der Waals surface area contributed by atoms with Gasteiger partial charge in [0.2, 0.25) is 0 Å². The first-order chi connectivity index (χ1) is 32.3. The van der Waals surface area contributed by atoms with Gasteiger partial charge >= 0.3 is 12.1 Å². The molecule has 18 nitrogen and oxygen atoms in total. The van der Waals surface area contributed by atoms with Crippen molar-refractivity contribution in [1.29, 1.82) is 0 Å². The monoisotopic (exact) mass is 1090 g/mol. The van der Waals surface area contributed by atoms with E-state index in [9.17, 15) is 45.5 Å². The van der Waals surface area contributed by atoms with Crippen LogP contribution in [0.3, 0.4) is 0 Å². The van der Waals surface area contributed by atoms with Gasteiger partial charge in [0.15, 0.2) is 0 Å². The summed E-state index contributed by atoms with van der Waals surface area (Å²) in [6.07, 6.45) is -5.28. The standard InChI is InChI=1S/2C21H24BrF3N6O3/c2*1-11-5-17-14(10-30(11)21(33)27-12-3-4-16(23)15(22)6-12)19-20(32)29(2)34-13(9-31(19)28-17)7-26-8-18(24)25/h2*3-4,6,11,13,18,26H,5,7-10H2,1-2H3,(H,27,33)/t11-,13+;11-,13-/m11/s1. The van der Waals surface area contributed by atoms with Crippen LogP contribution >= 0.6 is 31.9 Å². The van der Waals surface area contributed by atoms with Gasteiger partial charge in [0, 0.05) is 74.6 Å². The number of carbonyl (C=O) groups excluding carboxylic acids is 4. The molecule has 26 heteroatoms. The van der Waals surface area contributed by atoms with Crippen LogP contribution in [0.5, 0.6) is 0 Å². The molecule has 2 aromatic heterocycles. The van der Waals surface area contributed by atoms with Crippen molar-refractivity contribution in [2.75, 3.05) is 50.9 Å². The SMILES string of the molecule is C[C@@H]1Cc2nn3c(c2CN1C(=O)Nc1ccc(F)c(Br)c1)C(=O)N(C)O[C@@H](CNCC(F)F)C3.C[C@@H]1Cc2nn3c(c2CN1C(=O)Nc1ccc(F)c(Br)c1)C(=O)N(C)O[C@H](CNCC(F)F)C3. The second-order valence-corrected chi connectivity index (χ2v) is 18.3. The zero-order chi connectivity index (χ0) is 49.1. The number of amides is 6. The lowest BCUT2D eigenvalue weighted by Crippen LogP contribution is -2.45. The number of benzene rings is 2. The van der Waals surface area contributed by atoms with E-state index in [1.807, 2.05) is 13.8 Å². The molecule has 6 heterocycles. The summed E-state index contributed by atoms with van der Waals surface area (Å²) in [5.41, 5.74) is 4.12. The fourth-order valence-corrected chi connectivity index (χ4v) is 8.98. The zero-order valence-electron chi connectivity index (χ0n) is 37.1. The average Bonchev–Trinajstić information content (AvgIpc) is 3.72. The van der Waals surface area contributed by atoms with E-state index in [2.05, 4.69) is 63.3 Å². The minimum absolute atomic E-state index is 0.115. The van der Waals surface area contributed by atoms with Crippen LogP contribution < -0.4 is 21.3 Å². The van der Waals surface area contributed by atoms with Gasteiger partial charge in [-0.25, -0.2) is 46.1 Å². The highest BCUT2D eigenvalue weighted by Gasteiger charge is 2.39. The predicted octanol–water partition coefficient (Wildman–Crippen LogP) is 6.01. The summed E-state index contributed by atoms with van der Waals surface area (Å²) in [7, 11) is 2.92. The summed E-state index contributed by atoms with van der Waals surface area (Å²) >= 11 is 6.20. The average molecular weight is 1090 g/mol. The van der Waals surface area contributed by atoms with Gasteiger partial charge in [-0.05, 0) is 82.1 Å². The van der Waals surface area contributed by atoms with E-state index < -0.39 is 73.7 Å². The molecule has 0 saturated heterocycles. The van der Waals surface area contributed by atoms with Gasteiger partial charge in [0.1, 0.15) is 35.2 Å². The van der Waals surface area contributed by atoms with Gasteiger partial charge in [-0.2, -0.15) is 10.2 Å². The first-order valence-corrected chi connectivity index (χ1v) is 23.0. The number of hydrogen-bond donors (Lipinski definition) is 4. The molecule has 0 fully saturated rings. The lowest BCUT2D eigenvalue weighted by molar-refractivity contribution is -0.146. The number of aromatic nitrogens is 4. The molecule has 6 amide bonds. The Morgan fingerprint density at radius 3 is 1.43 bits per heavy atom. The molecule has 4 aliphatic rings. The quantitative estimate of drug-likeness (QED) is 0.137. The van der Waals surface area contributed by atoms with Crippen LogP contribution in [0.15, 0.2) is 45.3 Å². The number of hydrogen-bond acceptors (Lipinski definition) is 10. The second-order valence-electron chi connectivity index (χ2n) is 16.6. The van der Waals surface area contributed by atoms with E-state index in [4.69, 9.17) is 9.68 Å². The smallest absolute Gasteiger partial charge is 0.317 e. The van der Waals surface area contributed by atoms with Crippen LogP contribution in [0.2, 0.25) is 0 Å². The summed E-state index contributed by atoms with van der Waals surface area (Å²) in [4.78, 5) is 66.5. The molecule has 68 heavy (non-hydrogen) atoms. The van der Waals surface area contributed by atoms with Crippen molar-refractivity contribution in [3.8, 4) is 0 Å². The maximum Gasteiger partial charge on any atom is 0.322 e. The Bertz CT molecular complexity index is 2370. The molecule has 0 radical (unpaired) electrons. The van der Waals surface area contributed by atoms with Crippen molar-refractivity contribution in [2.45, 2.75) is 90.0 Å². The maximum atomic E-state index is 13.5. The second kappa shape index (κ2) is 21.6. The molecule has 0 spiro atoms. The fourth-order valence-electron chi connectivity index (χ4n) is 8.22. The molecular weight excluding hydrogens is 1040 g/mol. The molecule has 8 rings (SSSR count). The minimum Gasteiger partial charge on any atom is -0.317 e. The topological polar surface area (TPSA) is 183 Å². The van der Waals surface area contributed by atoms with Crippen molar-refractivity contribution in [2.24, 2.45) is 0 Å². The molecule has 2 aromatic carbocycles. The van der Waals surface area contributed by atoms with Gasteiger partial charge in [-0.15, -0.1) is 0 Å². The van der Waals surface area contributed by atoms with Crippen molar-refractivity contribution in [1.82, 2.24) is 50.1 Å². The molecule has 0 aliphatic carbocycles. The van der Waals surface area contributed by atoms with E-state index in [0.29, 0.717) is 58.1 Å². The number of carbonyl (C=O) groups is 4. The first kappa shape index (κ1) is 50.6. The van der Waals surface area contributed by atoms with E-state index in [1.54, 1.807) is 9.80 Å². The number of alkyl halides is 4. The molecule has 0 bridgehead atoms. The van der Waals surface area contributed by atoms with Gasteiger partial charge in [-0.1, -0.05) is 0 Å². The Hall–Kier alpha value is -5.28. The van der Waals surface area contributed by atoms with E-state index in [-0.39, 0.29) is 60.3 Å². The highest BCUT2D eigenvalue weighted by Crippen LogP contribution is 2.32. The summed E-state index contributed by atoms with van der Waals surface area (Å²) < 4.78 is 80.5. The van der Waals surface area contributed by atoms with Crippen LogP contribution in [0.25, 0.3) is 0 Å². The van der Waals surface area contributed by atoms with Gasteiger partial charge in [0.05, 0.1) is 59.6 Å². The number of nitrogens with one attached hydrogen (secondary N) is 4. The molecule has 0 unspecified atom stereocenters. The molecule has 0 saturated carbocycles. The highest BCUT2D eigenvalue weighted by atomic mass is 79.9. The summed E-state index contributed by atoms with van der Waals surface area (Å²) in [5, 5.41) is 22.1. The fraction of sp³-hybridized carbons (Fsp3) is 0.476. The number of hydroxylamine groups is 4. The Morgan fingerprint density at radius 2 is 1.07 bits per heavy atom. The molecular formula is C42H48Br2F6N12O6. The van der Waals surface area contributed by atoms with Crippen LogP contribution in [0.1, 0.15) is 57.3 Å². The van der Waals surface area contributed by atoms with E-state index in [1.165, 1.54) is 59.9 Å². The molecule has 4 N–H and O–H groups in total. The third-order valence-electron chi connectivity index (χ3n) is 11.5. The lowest BCUT2D eigenvalue weighted by atomic mass is 9.99. The van der Waals surface area contributed by atoms with Crippen LogP contribution in [-0.4, -0.2) is 141 Å². The molecule has 4 atom stereocenters. The maximum absolute atomic E-state index is 13.5. The summed E-state index contributed by atoms with van der Waals surface area (Å²) in [6.45, 7) is 3.70. The van der Waals surface area contributed by atoms with E-state index >= 15 is 0 Å². The van der Waals surface area contributed by atoms with Crippen molar-refractivity contribution < 1.29 is 55.2 Å². The lowest BCUT2D eigenvalue weighted by Gasteiger charge is -2.33. The number of halogens is 8. The Kier molecular flexibility index (Phi) is 16.0. The summed E-state index contributed by atoms with van der Waals surface area (Å²) in [5.74, 6) is -1.74. The predicted molar refractivity (Wildman–Crippen MR) is 240 cm³/mol. The first-order valence-electron chi connectivity index (χ1n) is 21.4. The van der Waals surface area contributed by atoms with Crippen molar-refractivity contribution >= 4 is 67.1 Å². The number of urea groups is 2. The molecule has 4 aromatic rings. The van der Waals surface area contributed by atoms with Crippen LogP contribution in [-0.2, 0) is 48.7 Å². The third-order valence-corrected chi connectivity index (χ3v) is 12.7. The number of rotatable bonds is 10. The number of nitrogens with zero attached hydrogens (tertiary/aromatic N) is 8. The minimum atomic E-state index is -2.49. The van der Waals surface area contributed by atoms with Gasteiger partial charge < -0.3 is 31.1 Å². The molecule has 4 aliphatic heterocycles.